The molecule has 1 fully saturated rings. The fourth-order valence-corrected chi connectivity index (χ4v) is 1.66. The molecule has 88 valence electrons. The van der Waals surface area contributed by atoms with Gasteiger partial charge < -0.3 is 15.8 Å². The standard InChI is InChI=1S/C13H20N2O/c1-3-6-16-12-8-10(14)7-11(9-12)15-13(2)4-5-13/h7-9,15H,3-6,14H2,1-2H3. The van der Waals surface area contributed by atoms with E-state index in [1.165, 1.54) is 12.8 Å². The van der Waals surface area contributed by atoms with Crippen LogP contribution in [0, 0.1) is 0 Å². The van der Waals surface area contributed by atoms with Gasteiger partial charge in [0.15, 0.2) is 0 Å². The van der Waals surface area contributed by atoms with Crippen LogP contribution in [0.3, 0.4) is 0 Å². The van der Waals surface area contributed by atoms with E-state index in [-0.39, 0.29) is 5.54 Å². The number of hydrogen-bond donors (Lipinski definition) is 2. The van der Waals surface area contributed by atoms with Gasteiger partial charge in [-0.15, -0.1) is 0 Å². The first kappa shape index (κ1) is 11.1. The van der Waals surface area contributed by atoms with Gasteiger partial charge in [-0.05, 0) is 32.3 Å². The lowest BCUT2D eigenvalue weighted by Crippen LogP contribution is -2.16. The third kappa shape index (κ3) is 2.81. The zero-order valence-corrected chi connectivity index (χ0v) is 10.0. The highest BCUT2D eigenvalue weighted by Crippen LogP contribution is 2.39. The van der Waals surface area contributed by atoms with Crippen LogP contribution in [0.15, 0.2) is 18.2 Å². The lowest BCUT2D eigenvalue weighted by Gasteiger charge is -2.15. The number of anilines is 2. The molecule has 0 aliphatic heterocycles. The SMILES string of the molecule is CCCOc1cc(N)cc(NC2(C)CC2)c1. The molecule has 3 nitrogen and oxygen atoms in total. The second-order valence-electron chi connectivity index (χ2n) is 4.82. The van der Waals surface area contributed by atoms with Crippen LogP contribution in [-0.4, -0.2) is 12.1 Å². The Morgan fingerprint density at radius 3 is 2.75 bits per heavy atom. The van der Waals surface area contributed by atoms with Crippen molar-refractivity contribution in [3.05, 3.63) is 18.2 Å². The highest BCUT2D eigenvalue weighted by Gasteiger charge is 2.37. The molecule has 0 saturated heterocycles. The summed E-state index contributed by atoms with van der Waals surface area (Å²) in [5.41, 5.74) is 7.94. The van der Waals surface area contributed by atoms with Crippen molar-refractivity contribution in [1.29, 1.82) is 0 Å². The average Bonchev–Trinajstić information content (AvgIpc) is 2.92. The third-order valence-corrected chi connectivity index (χ3v) is 2.85. The second-order valence-corrected chi connectivity index (χ2v) is 4.82. The maximum absolute atomic E-state index is 5.85. The van der Waals surface area contributed by atoms with Crippen molar-refractivity contribution in [3.8, 4) is 5.75 Å². The highest BCUT2D eigenvalue weighted by atomic mass is 16.5. The van der Waals surface area contributed by atoms with E-state index < -0.39 is 0 Å². The summed E-state index contributed by atoms with van der Waals surface area (Å²) in [6, 6.07) is 5.86. The fraction of sp³-hybridized carbons (Fsp3) is 0.538. The minimum atomic E-state index is 0.274. The van der Waals surface area contributed by atoms with Gasteiger partial charge in [0.2, 0.25) is 0 Å². The van der Waals surface area contributed by atoms with Crippen molar-refractivity contribution < 1.29 is 4.74 Å². The molecule has 1 aromatic carbocycles. The van der Waals surface area contributed by atoms with Crippen molar-refractivity contribution in [2.75, 3.05) is 17.7 Å². The number of nitrogens with two attached hydrogens (primary N) is 1. The minimum Gasteiger partial charge on any atom is -0.493 e. The molecular formula is C13H20N2O. The van der Waals surface area contributed by atoms with Gasteiger partial charge in [-0.25, -0.2) is 0 Å². The molecule has 0 unspecified atom stereocenters. The predicted octanol–water partition coefficient (Wildman–Crippen LogP) is 3.02. The number of hydrogen-bond acceptors (Lipinski definition) is 3. The first-order valence-electron chi connectivity index (χ1n) is 5.93. The second kappa shape index (κ2) is 4.24. The quantitative estimate of drug-likeness (QED) is 0.750. The van der Waals surface area contributed by atoms with Crippen LogP contribution < -0.4 is 15.8 Å². The summed E-state index contributed by atoms with van der Waals surface area (Å²) in [5.74, 6) is 0.855. The van der Waals surface area contributed by atoms with Gasteiger partial charge in [0.25, 0.3) is 0 Å². The van der Waals surface area contributed by atoms with Crippen molar-refractivity contribution >= 4 is 11.4 Å². The smallest absolute Gasteiger partial charge is 0.123 e. The lowest BCUT2D eigenvalue weighted by molar-refractivity contribution is 0.318. The van der Waals surface area contributed by atoms with E-state index in [9.17, 15) is 0 Å². The Bertz CT molecular complexity index is 372. The number of rotatable bonds is 5. The van der Waals surface area contributed by atoms with Crippen LogP contribution in [0.5, 0.6) is 5.75 Å². The van der Waals surface area contributed by atoms with E-state index in [0.29, 0.717) is 0 Å². The molecule has 0 amide bonds. The van der Waals surface area contributed by atoms with E-state index in [2.05, 4.69) is 19.2 Å². The van der Waals surface area contributed by atoms with Crippen molar-refractivity contribution in [2.24, 2.45) is 0 Å². The highest BCUT2D eigenvalue weighted by molar-refractivity contribution is 5.60. The molecule has 0 atom stereocenters. The molecule has 3 N–H and O–H groups in total. The molecule has 1 aliphatic carbocycles. The Balaban J connectivity index is 2.08. The van der Waals surface area contributed by atoms with Gasteiger partial charge in [-0.3, -0.25) is 0 Å². The van der Waals surface area contributed by atoms with Gasteiger partial charge >= 0.3 is 0 Å². The molecule has 1 saturated carbocycles. The average molecular weight is 220 g/mol. The summed E-state index contributed by atoms with van der Waals surface area (Å²) in [5, 5.41) is 3.49. The van der Waals surface area contributed by atoms with Gasteiger partial charge in [0, 0.05) is 29.0 Å². The summed E-state index contributed by atoms with van der Waals surface area (Å²) in [4.78, 5) is 0. The molecule has 0 heterocycles. The van der Waals surface area contributed by atoms with E-state index in [1.54, 1.807) is 0 Å². The molecule has 1 aromatic rings. The molecule has 1 aliphatic rings. The van der Waals surface area contributed by atoms with Crippen LogP contribution in [0.1, 0.15) is 33.1 Å². The maximum atomic E-state index is 5.85. The number of nitrogens with one attached hydrogen (secondary N) is 1. The monoisotopic (exact) mass is 220 g/mol. The molecule has 0 aromatic heterocycles. The van der Waals surface area contributed by atoms with E-state index >= 15 is 0 Å². The molecule has 0 spiro atoms. The van der Waals surface area contributed by atoms with Gasteiger partial charge in [0.05, 0.1) is 6.61 Å². The molecule has 2 rings (SSSR count). The molecular weight excluding hydrogens is 200 g/mol. The van der Waals surface area contributed by atoms with Crippen molar-refractivity contribution in [2.45, 2.75) is 38.6 Å². The normalized spacial score (nSPS) is 16.9. The number of nitrogen functional groups attached to an aromatic ring is 1. The van der Waals surface area contributed by atoms with Crippen LogP contribution in [0.2, 0.25) is 0 Å². The number of ether oxygens (including phenoxy) is 1. The Morgan fingerprint density at radius 1 is 1.38 bits per heavy atom. The van der Waals surface area contributed by atoms with Crippen LogP contribution in [0.25, 0.3) is 0 Å². The van der Waals surface area contributed by atoms with E-state index in [1.807, 2.05) is 18.2 Å². The van der Waals surface area contributed by atoms with E-state index in [0.717, 1.165) is 30.2 Å². The first-order chi connectivity index (χ1) is 7.61. The Labute approximate surface area is 97.0 Å². The lowest BCUT2D eigenvalue weighted by atomic mass is 10.2. The van der Waals surface area contributed by atoms with Crippen molar-refractivity contribution in [3.63, 3.8) is 0 Å². The Hall–Kier alpha value is -1.38. The van der Waals surface area contributed by atoms with Crippen molar-refractivity contribution in [1.82, 2.24) is 0 Å². The molecule has 0 radical (unpaired) electrons. The summed E-state index contributed by atoms with van der Waals surface area (Å²) in [6.45, 7) is 5.06. The minimum absolute atomic E-state index is 0.274. The van der Waals surface area contributed by atoms with Crippen LogP contribution in [0.4, 0.5) is 11.4 Å². The predicted molar refractivity (Wildman–Crippen MR) is 67.9 cm³/mol. The molecule has 0 bridgehead atoms. The Morgan fingerprint density at radius 2 is 2.12 bits per heavy atom. The topological polar surface area (TPSA) is 47.3 Å². The largest absolute Gasteiger partial charge is 0.493 e. The maximum Gasteiger partial charge on any atom is 0.123 e. The summed E-state index contributed by atoms with van der Waals surface area (Å²) in [6.07, 6.45) is 3.47. The van der Waals surface area contributed by atoms with Crippen LogP contribution >= 0.6 is 0 Å². The van der Waals surface area contributed by atoms with E-state index in [4.69, 9.17) is 10.5 Å². The van der Waals surface area contributed by atoms with Crippen LogP contribution in [-0.2, 0) is 0 Å². The summed E-state index contributed by atoms with van der Waals surface area (Å²) >= 11 is 0. The molecule has 3 heteroatoms. The number of benzene rings is 1. The zero-order chi connectivity index (χ0) is 11.6. The van der Waals surface area contributed by atoms with Gasteiger partial charge in [0.1, 0.15) is 5.75 Å². The molecule has 16 heavy (non-hydrogen) atoms. The summed E-state index contributed by atoms with van der Waals surface area (Å²) < 4.78 is 5.59. The fourth-order valence-electron chi connectivity index (χ4n) is 1.66. The van der Waals surface area contributed by atoms with Gasteiger partial charge in [-0.2, -0.15) is 0 Å². The zero-order valence-electron chi connectivity index (χ0n) is 10.0. The first-order valence-corrected chi connectivity index (χ1v) is 5.93. The summed E-state index contributed by atoms with van der Waals surface area (Å²) in [7, 11) is 0. The third-order valence-electron chi connectivity index (χ3n) is 2.85. The Kier molecular flexibility index (Phi) is 2.95. The van der Waals surface area contributed by atoms with Gasteiger partial charge in [-0.1, -0.05) is 6.92 Å².